The minimum atomic E-state index is -1.08. The molecule has 0 saturated heterocycles. The maximum absolute atomic E-state index is 9.64. The molecule has 0 amide bonds. The number of hydrogen-bond acceptors (Lipinski definition) is 4. The number of carboxylic acid groups (broad SMARTS) is 2. The molecule has 0 spiro atoms. The molecule has 0 aromatic carbocycles. The molecule has 1 aliphatic carbocycles. The van der Waals surface area contributed by atoms with Gasteiger partial charge in [0, 0.05) is 37.6 Å². The molecule has 0 unspecified atom stereocenters. The zero-order valence-electron chi connectivity index (χ0n) is 14.7. The maximum atomic E-state index is 9.64. The molecule has 1 saturated carbocycles. The van der Waals surface area contributed by atoms with Gasteiger partial charge in [0.15, 0.2) is 0 Å². The zero-order chi connectivity index (χ0) is 18.8. The highest BCUT2D eigenvalue weighted by atomic mass is 16.4. The summed E-state index contributed by atoms with van der Waals surface area (Å²) in [6, 6.07) is 0. The Kier molecular flexibility index (Phi) is 7.85. The van der Waals surface area contributed by atoms with E-state index >= 15 is 0 Å². The minimum absolute atomic E-state index is 0.296. The van der Waals surface area contributed by atoms with Crippen LogP contribution in [0.15, 0.2) is 24.8 Å². The van der Waals surface area contributed by atoms with Crippen molar-refractivity contribution >= 4 is 11.9 Å². The number of rotatable bonds is 7. The van der Waals surface area contributed by atoms with Crippen LogP contribution in [0.1, 0.15) is 50.2 Å². The van der Waals surface area contributed by atoms with Gasteiger partial charge < -0.3 is 20.2 Å². The van der Waals surface area contributed by atoms with Gasteiger partial charge in [-0.2, -0.15) is 0 Å². The van der Waals surface area contributed by atoms with Gasteiger partial charge >= 0.3 is 11.9 Å². The summed E-state index contributed by atoms with van der Waals surface area (Å²) in [5.41, 5.74) is 0. The summed E-state index contributed by atoms with van der Waals surface area (Å²) in [7, 11) is 0. The molecule has 26 heavy (non-hydrogen) atoms. The van der Waals surface area contributed by atoms with Crippen LogP contribution in [0.4, 0.5) is 0 Å². The predicted octanol–water partition coefficient (Wildman–Crippen LogP) is 2.66. The van der Waals surface area contributed by atoms with E-state index in [1.54, 1.807) is 0 Å². The molecule has 0 bridgehead atoms. The standard InChI is InChI=1S/C14H20N4.C4H6O4/c1-2-12(10-14-17-7-8-18-14)4-3-11(1)9-13-15-5-6-16-13;5-3(6)1-2-4(7)8/h5-8,11-12H,1-4,9-10H2,(H,15,16)(H,17,18);1-2H2,(H,5,6)(H,7,8). The molecule has 142 valence electrons. The Morgan fingerprint density at radius 2 is 1.23 bits per heavy atom. The summed E-state index contributed by atoms with van der Waals surface area (Å²) in [5.74, 6) is 1.75. The van der Waals surface area contributed by atoms with Crippen LogP contribution >= 0.6 is 0 Å². The Labute approximate surface area is 152 Å². The average Bonchev–Trinajstić information content (AvgIpc) is 3.29. The molecular formula is C18H26N4O4. The van der Waals surface area contributed by atoms with E-state index < -0.39 is 11.9 Å². The summed E-state index contributed by atoms with van der Waals surface area (Å²) in [5, 5.41) is 15.8. The van der Waals surface area contributed by atoms with Gasteiger partial charge in [0.25, 0.3) is 0 Å². The number of carbonyl (C=O) groups is 2. The van der Waals surface area contributed by atoms with Crippen LogP contribution in [0, 0.1) is 11.8 Å². The number of hydrogen-bond donors (Lipinski definition) is 4. The number of imidazole rings is 2. The van der Waals surface area contributed by atoms with Crippen molar-refractivity contribution in [3.05, 3.63) is 36.4 Å². The zero-order valence-corrected chi connectivity index (χ0v) is 14.7. The van der Waals surface area contributed by atoms with Gasteiger partial charge in [0.1, 0.15) is 11.6 Å². The number of carboxylic acids is 2. The average molecular weight is 362 g/mol. The molecule has 2 aromatic heterocycles. The molecule has 0 atom stereocenters. The molecule has 0 radical (unpaired) electrons. The Morgan fingerprint density at radius 3 is 1.50 bits per heavy atom. The normalized spacial score (nSPS) is 19.4. The van der Waals surface area contributed by atoms with Gasteiger partial charge in [0.05, 0.1) is 12.8 Å². The molecule has 8 nitrogen and oxygen atoms in total. The number of aliphatic carboxylic acids is 2. The number of H-pyrrole nitrogens is 2. The highest BCUT2D eigenvalue weighted by molar-refractivity contribution is 5.75. The first-order valence-electron chi connectivity index (χ1n) is 8.93. The van der Waals surface area contributed by atoms with Crippen molar-refractivity contribution in [1.82, 2.24) is 19.9 Å². The van der Waals surface area contributed by atoms with Crippen molar-refractivity contribution in [2.24, 2.45) is 11.8 Å². The predicted molar refractivity (Wildman–Crippen MR) is 94.5 cm³/mol. The second kappa shape index (κ2) is 10.4. The van der Waals surface area contributed by atoms with Crippen LogP contribution in [0.3, 0.4) is 0 Å². The van der Waals surface area contributed by atoms with Crippen LogP contribution < -0.4 is 0 Å². The lowest BCUT2D eigenvalue weighted by Gasteiger charge is -2.27. The van der Waals surface area contributed by atoms with E-state index in [1.807, 2.05) is 24.8 Å². The van der Waals surface area contributed by atoms with Crippen LogP contribution in [0.2, 0.25) is 0 Å². The van der Waals surface area contributed by atoms with E-state index in [1.165, 1.54) is 25.7 Å². The van der Waals surface area contributed by atoms with Crippen molar-refractivity contribution in [1.29, 1.82) is 0 Å². The molecule has 2 heterocycles. The van der Waals surface area contributed by atoms with E-state index in [0.29, 0.717) is 0 Å². The summed E-state index contributed by atoms with van der Waals surface area (Å²) in [6.07, 6.45) is 14.5. The Morgan fingerprint density at radius 1 is 0.846 bits per heavy atom. The first-order valence-corrected chi connectivity index (χ1v) is 8.93. The largest absolute Gasteiger partial charge is 0.481 e. The fraction of sp³-hybridized carbons (Fsp3) is 0.556. The molecule has 1 aliphatic rings. The first-order chi connectivity index (χ1) is 12.5. The van der Waals surface area contributed by atoms with E-state index in [2.05, 4.69) is 19.9 Å². The first kappa shape index (κ1) is 19.7. The van der Waals surface area contributed by atoms with Crippen molar-refractivity contribution in [3.63, 3.8) is 0 Å². The van der Waals surface area contributed by atoms with Gasteiger partial charge in [0.2, 0.25) is 0 Å². The molecule has 8 heteroatoms. The van der Waals surface area contributed by atoms with Crippen LogP contribution in [0.5, 0.6) is 0 Å². The molecule has 2 aromatic rings. The summed E-state index contributed by atoms with van der Waals surface area (Å²) < 4.78 is 0. The maximum Gasteiger partial charge on any atom is 0.303 e. The summed E-state index contributed by atoms with van der Waals surface area (Å²) >= 11 is 0. The smallest absolute Gasteiger partial charge is 0.303 e. The van der Waals surface area contributed by atoms with E-state index in [-0.39, 0.29) is 12.8 Å². The molecule has 4 N–H and O–H groups in total. The number of aromatic nitrogens is 4. The third kappa shape index (κ3) is 7.50. The van der Waals surface area contributed by atoms with Crippen LogP contribution in [-0.2, 0) is 22.4 Å². The van der Waals surface area contributed by atoms with Crippen molar-refractivity contribution in [2.45, 2.75) is 51.4 Å². The number of nitrogens with zero attached hydrogens (tertiary/aromatic N) is 2. The van der Waals surface area contributed by atoms with Gasteiger partial charge in [-0.1, -0.05) is 0 Å². The van der Waals surface area contributed by atoms with Gasteiger partial charge in [-0.25, -0.2) is 9.97 Å². The van der Waals surface area contributed by atoms with Gasteiger partial charge in [-0.05, 0) is 37.5 Å². The van der Waals surface area contributed by atoms with E-state index in [4.69, 9.17) is 10.2 Å². The van der Waals surface area contributed by atoms with Gasteiger partial charge in [-0.3, -0.25) is 9.59 Å². The Hall–Kier alpha value is -2.64. The SMILES string of the molecule is O=C(O)CCC(=O)O.c1c[nH]c(CC2CCC(Cc3ncc[nH]3)CC2)n1. The molecular weight excluding hydrogens is 336 g/mol. The van der Waals surface area contributed by atoms with E-state index in [9.17, 15) is 9.59 Å². The Balaban J connectivity index is 0.000000260. The molecule has 1 fully saturated rings. The van der Waals surface area contributed by atoms with Crippen molar-refractivity contribution < 1.29 is 19.8 Å². The fourth-order valence-electron chi connectivity index (χ4n) is 3.22. The van der Waals surface area contributed by atoms with Gasteiger partial charge in [-0.15, -0.1) is 0 Å². The quantitative estimate of drug-likeness (QED) is 0.599. The monoisotopic (exact) mass is 362 g/mol. The second-order valence-electron chi connectivity index (χ2n) is 6.65. The lowest BCUT2D eigenvalue weighted by atomic mass is 9.79. The molecule has 3 rings (SSSR count). The van der Waals surface area contributed by atoms with Crippen molar-refractivity contribution in [2.75, 3.05) is 0 Å². The van der Waals surface area contributed by atoms with E-state index in [0.717, 1.165) is 36.3 Å². The minimum Gasteiger partial charge on any atom is -0.481 e. The highest BCUT2D eigenvalue weighted by Crippen LogP contribution is 2.31. The van der Waals surface area contributed by atoms with Crippen LogP contribution in [-0.4, -0.2) is 42.1 Å². The highest BCUT2D eigenvalue weighted by Gasteiger charge is 2.22. The lowest BCUT2D eigenvalue weighted by Crippen LogP contribution is -2.18. The second-order valence-corrected chi connectivity index (χ2v) is 6.65. The third-order valence-electron chi connectivity index (χ3n) is 4.59. The number of nitrogens with one attached hydrogen (secondary N) is 2. The third-order valence-corrected chi connectivity index (χ3v) is 4.59. The van der Waals surface area contributed by atoms with Crippen LogP contribution in [0.25, 0.3) is 0 Å². The lowest BCUT2D eigenvalue weighted by molar-refractivity contribution is -0.143. The fourth-order valence-corrected chi connectivity index (χ4v) is 3.22. The molecule has 0 aliphatic heterocycles. The van der Waals surface area contributed by atoms with Crippen molar-refractivity contribution in [3.8, 4) is 0 Å². The number of aromatic amines is 2. The summed E-state index contributed by atoms with van der Waals surface area (Å²) in [4.78, 5) is 34.3. The topological polar surface area (TPSA) is 132 Å². The Bertz CT molecular complexity index is 589. The summed E-state index contributed by atoms with van der Waals surface area (Å²) in [6.45, 7) is 0.